The molecule has 1 aromatic heterocycles. The van der Waals surface area contributed by atoms with E-state index >= 15 is 0 Å². The average Bonchev–Trinajstić information content (AvgIpc) is 3.39. The fourth-order valence-electron chi connectivity index (χ4n) is 4.57. The lowest BCUT2D eigenvalue weighted by molar-refractivity contribution is 0.0745. The summed E-state index contributed by atoms with van der Waals surface area (Å²) in [5.74, 6) is 0.703. The van der Waals surface area contributed by atoms with Crippen LogP contribution in [0.5, 0.6) is 17.2 Å². The molecule has 4 aromatic rings. The topological polar surface area (TPSA) is 98.7 Å². The monoisotopic (exact) mass is 489 g/mol. The highest BCUT2D eigenvalue weighted by Crippen LogP contribution is 2.45. The third-order valence-corrected chi connectivity index (χ3v) is 6.79. The van der Waals surface area contributed by atoms with E-state index in [2.05, 4.69) is 10.2 Å². The minimum absolute atomic E-state index is 0.0278. The lowest BCUT2D eigenvalue weighted by atomic mass is 9.95. The molecule has 0 aliphatic carbocycles. The molecule has 1 atom stereocenters. The Labute approximate surface area is 207 Å². The first-order valence-corrected chi connectivity index (χ1v) is 11.6. The number of nitrogens with zero attached hydrogens (tertiary/aromatic N) is 2. The van der Waals surface area contributed by atoms with Crippen molar-refractivity contribution >= 4 is 17.5 Å². The summed E-state index contributed by atoms with van der Waals surface area (Å²) in [5, 5.41) is 28.6. The van der Waals surface area contributed by atoms with Crippen molar-refractivity contribution < 1.29 is 19.7 Å². The second-order valence-electron chi connectivity index (χ2n) is 8.57. The Hall–Kier alpha value is -3.97. The van der Waals surface area contributed by atoms with Gasteiger partial charge in [0.2, 0.25) is 0 Å². The van der Waals surface area contributed by atoms with E-state index in [1.807, 2.05) is 30.3 Å². The van der Waals surface area contributed by atoms with Crippen LogP contribution in [0.15, 0.2) is 60.7 Å². The van der Waals surface area contributed by atoms with Crippen LogP contribution < -0.4 is 4.74 Å². The first-order valence-electron chi connectivity index (χ1n) is 11.2. The van der Waals surface area contributed by atoms with Crippen molar-refractivity contribution in [2.24, 2.45) is 0 Å². The van der Waals surface area contributed by atoms with Crippen LogP contribution >= 0.6 is 11.6 Å². The molecule has 0 spiro atoms. The number of aromatic hydroxyl groups is 2. The zero-order chi connectivity index (χ0) is 24.7. The molecule has 2 heterocycles. The summed E-state index contributed by atoms with van der Waals surface area (Å²) in [6.07, 6.45) is 0.625. The van der Waals surface area contributed by atoms with Gasteiger partial charge >= 0.3 is 0 Å². The minimum atomic E-state index is -0.504. The molecular weight excluding hydrogens is 466 g/mol. The van der Waals surface area contributed by atoms with Crippen molar-refractivity contribution in [3.05, 3.63) is 93.6 Å². The fraction of sp³-hybridized carbons (Fsp3) is 0.185. The molecule has 3 N–H and O–H groups in total. The SMILES string of the molecule is COc1ccc(CCN2C(=O)c3[nH]nc(-c4cc(Cl)c(C)cc4O)c3C2c2cccc(O)c2)cc1. The second-order valence-corrected chi connectivity index (χ2v) is 8.98. The number of carbonyl (C=O) groups is 1. The Morgan fingerprint density at radius 1 is 1.11 bits per heavy atom. The number of methoxy groups -OCH3 is 1. The molecule has 35 heavy (non-hydrogen) atoms. The third-order valence-electron chi connectivity index (χ3n) is 6.38. The fourth-order valence-corrected chi connectivity index (χ4v) is 4.74. The number of hydrogen-bond acceptors (Lipinski definition) is 5. The van der Waals surface area contributed by atoms with Crippen molar-refractivity contribution in [3.8, 4) is 28.5 Å². The van der Waals surface area contributed by atoms with Gasteiger partial charge in [0.1, 0.15) is 28.6 Å². The minimum Gasteiger partial charge on any atom is -0.508 e. The molecule has 0 bridgehead atoms. The van der Waals surface area contributed by atoms with Gasteiger partial charge in [-0.05, 0) is 66.4 Å². The smallest absolute Gasteiger partial charge is 0.273 e. The van der Waals surface area contributed by atoms with Gasteiger partial charge in [0.15, 0.2) is 0 Å². The molecule has 1 aliphatic heterocycles. The van der Waals surface area contributed by atoms with Crippen molar-refractivity contribution in [2.45, 2.75) is 19.4 Å². The van der Waals surface area contributed by atoms with E-state index in [0.29, 0.717) is 40.5 Å². The number of aryl methyl sites for hydroxylation is 1. The molecular formula is C27H24ClN3O4. The number of aromatic nitrogens is 2. The van der Waals surface area contributed by atoms with E-state index in [1.165, 1.54) is 0 Å². The number of ether oxygens (including phenoxy) is 1. The zero-order valence-corrected chi connectivity index (χ0v) is 20.0. The van der Waals surface area contributed by atoms with Gasteiger partial charge in [-0.3, -0.25) is 9.89 Å². The Morgan fingerprint density at radius 2 is 1.89 bits per heavy atom. The molecule has 1 amide bonds. The number of hydrogen-bond donors (Lipinski definition) is 3. The van der Waals surface area contributed by atoms with Crippen LogP contribution in [0, 0.1) is 6.92 Å². The standard InChI is InChI=1S/C27H24ClN3O4/c1-15-12-22(33)20(14-21(15)28)24-23-25(30-29-24)27(34)31(26(23)17-4-3-5-18(32)13-17)11-10-16-6-8-19(35-2)9-7-16/h3-9,12-14,26,32-33H,10-11H2,1-2H3,(H,29,30). The first kappa shape index (κ1) is 22.8. The predicted octanol–water partition coefficient (Wildman–Crippen LogP) is 5.25. The summed E-state index contributed by atoms with van der Waals surface area (Å²) in [6.45, 7) is 2.24. The summed E-state index contributed by atoms with van der Waals surface area (Å²) in [5.41, 5.74) is 4.44. The Balaban J connectivity index is 1.57. The molecule has 0 fully saturated rings. The van der Waals surface area contributed by atoms with Gasteiger partial charge in [-0.15, -0.1) is 0 Å². The third kappa shape index (κ3) is 4.08. The Bertz CT molecular complexity index is 1410. The summed E-state index contributed by atoms with van der Waals surface area (Å²) >= 11 is 6.36. The van der Waals surface area contributed by atoms with Crippen LogP contribution in [-0.4, -0.2) is 44.9 Å². The van der Waals surface area contributed by atoms with Crippen molar-refractivity contribution in [1.82, 2.24) is 15.1 Å². The van der Waals surface area contributed by atoms with Gasteiger partial charge in [0.25, 0.3) is 5.91 Å². The summed E-state index contributed by atoms with van der Waals surface area (Å²) < 4.78 is 5.23. The molecule has 8 heteroatoms. The van der Waals surface area contributed by atoms with Gasteiger partial charge in [0, 0.05) is 22.7 Å². The second kappa shape index (κ2) is 9.00. The lowest BCUT2D eigenvalue weighted by Gasteiger charge is -2.26. The number of carbonyl (C=O) groups excluding carboxylic acids is 1. The van der Waals surface area contributed by atoms with Crippen molar-refractivity contribution in [1.29, 1.82) is 0 Å². The van der Waals surface area contributed by atoms with Crippen LogP contribution in [0.25, 0.3) is 11.3 Å². The highest BCUT2D eigenvalue weighted by atomic mass is 35.5. The summed E-state index contributed by atoms with van der Waals surface area (Å²) in [7, 11) is 1.62. The van der Waals surface area contributed by atoms with Crippen LogP contribution in [-0.2, 0) is 6.42 Å². The van der Waals surface area contributed by atoms with Crippen molar-refractivity contribution in [2.75, 3.05) is 13.7 Å². The number of phenolic OH excluding ortho intramolecular Hbond substituents is 2. The van der Waals surface area contributed by atoms with Gasteiger partial charge < -0.3 is 19.8 Å². The maximum atomic E-state index is 13.5. The summed E-state index contributed by atoms with van der Waals surface area (Å²) in [4.78, 5) is 15.3. The molecule has 7 nitrogen and oxygen atoms in total. The number of phenols is 2. The highest BCUT2D eigenvalue weighted by Gasteiger charge is 2.42. The van der Waals surface area contributed by atoms with E-state index in [4.69, 9.17) is 16.3 Å². The number of fused-ring (bicyclic) bond motifs is 1. The average molecular weight is 490 g/mol. The van der Waals surface area contributed by atoms with Gasteiger partial charge in [-0.1, -0.05) is 35.9 Å². The highest BCUT2D eigenvalue weighted by molar-refractivity contribution is 6.31. The van der Waals surface area contributed by atoms with E-state index < -0.39 is 6.04 Å². The quantitative estimate of drug-likeness (QED) is 0.344. The Morgan fingerprint density at radius 3 is 2.60 bits per heavy atom. The molecule has 1 unspecified atom stereocenters. The van der Waals surface area contributed by atoms with E-state index in [-0.39, 0.29) is 17.4 Å². The van der Waals surface area contributed by atoms with Gasteiger partial charge in [0.05, 0.1) is 13.2 Å². The number of H-pyrrole nitrogens is 1. The maximum Gasteiger partial charge on any atom is 0.273 e. The zero-order valence-electron chi connectivity index (χ0n) is 19.2. The van der Waals surface area contributed by atoms with E-state index in [1.54, 1.807) is 49.3 Å². The Kier molecular flexibility index (Phi) is 5.86. The van der Waals surface area contributed by atoms with Gasteiger partial charge in [-0.25, -0.2) is 0 Å². The molecule has 5 rings (SSSR count). The summed E-state index contributed by atoms with van der Waals surface area (Å²) in [6, 6.07) is 17.3. The van der Waals surface area contributed by atoms with E-state index in [9.17, 15) is 15.0 Å². The molecule has 1 aliphatic rings. The largest absolute Gasteiger partial charge is 0.508 e. The molecule has 3 aromatic carbocycles. The number of rotatable bonds is 6. The van der Waals surface area contributed by atoms with Crippen LogP contribution in [0.2, 0.25) is 5.02 Å². The number of benzene rings is 3. The van der Waals surface area contributed by atoms with Crippen LogP contribution in [0.4, 0.5) is 0 Å². The number of amides is 1. The normalized spacial score (nSPS) is 14.9. The van der Waals surface area contributed by atoms with Crippen LogP contribution in [0.3, 0.4) is 0 Å². The first-order chi connectivity index (χ1) is 16.9. The number of halogens is 1. The molecule has 0 saturated heterocycles. The number of nitrogens with one attached hydrogen (secondary N) is 1. The molecule has 0 radical (unpaired) electrons. The van der Waals surface area contributed by atoms with Crippen molar-refractivity contribution in [3.63, 3.8) is 0 Å². The number of aromatic amines is 1. The van der Waals surface area contributed by atoms with E-state index in [0.717, 1.165) is 22.4 Å². The lowest BCUT2D eigenvalue weighted by Crippen LogP contribution is -2.31. The van der Waals surface area contributed by atoms with Gasteiger partial charge in [-0.2, -0.15) is 5.10 Å². The molecule has 178 valence electrons. The maximum absolute atomic E-state index is 13.5. The molecule has 0 saturated carbocycles. The van der Waals surface area contributed by atoms with Crippen LogP contribution in [0.1, 0.15) is 38.8 Å². The predicted molar refractivity (Wildman–Crippen MR) is 133 cm³/mol.